The average Bonchev–Trinajstić information content (AvgIpc) is 3.03. The second-order valence-electron chi connectivity index (χ2n) is 5.89. The molecule has 0 aliphatic carbocycles. The minimum Gasteiger partial charge on any atom is -0.324 e. The highest BCUT2D eigenvalue weighted by Crippen LogP contribution is 2.36. The number of aromatic nitrogens is 4. The maximum Gasteiger partial charge on any atom is 0.419 e. The largest absolute Gasteiger partial charge is 0.419 e. The summed E-state index contributed by atoms with van der Waals surface area (Å²) >= 11 is 1.72. The van der Waals surface area contributed by atoms with E-state index in [1.807, 2.05) is 25.1 Å². The zero-order valence-corrected chi connectivity index (χ0v) is 15.8. The highest BCUT2D eigenvalue weighted by atomic mass is 32.2. The van der Waals surface area contributed by atoms with Crippen molar-refractivity contribution in [1.82, 2.24) is 19.7 Å². The zero-order chi connectivity index (χ0) is 19.6. The van der Waals surface area contributed by atoms with Gasteiger partial charge in [0.2, 0.25) is 5.95 Å². The first kappa shape index (κ1) is 19.2. The van der Waals surface area contributed by atoms with Crippen molar-refractivity contribution >= 4 is 23.4 Å². The van der Waals surface area contributed by atoms with E-state index in [-0.39, 0.29) is 17.2 Å². The van der Waals surface area contributed by atoms with Crippen molar-refractivity contribution in [2.75, 3.05) is 11.1 Å². The van der Waals surface area contributed by atoms with Crippen molar-refractivity contribution in [1.29, 1.82) is 0 Å². The molecule has 27 heavy (non-hydrogen) atoms. The Morgan fingerprint density at radius 2 is 2.00 bits per heavy atom. The van der Waals surface area contributed by atoms with Crippen LogP contribution in [-0.2, 0) is 13.2 Å². The van der Waals surface area contributed by atoms with Crippen LogP contribution in [0.2, 0.25) is 0 Å². The third-order valence-electron chi connectivity index (χ3n) is 3.83. The van der Waals surface area contributed by atoms with Gasteiger partial charge in [-0.05, 0) is 36.4 Å². The van der Waals surface area contributed by atoms with Crippen molar-refractivity contribution in [2.24, 2.45) is 7.05 Å². The van der Waals surface area contributed by atoms with E-state index in [4.69, 9.17) is 0 Å². The van der Waals surface area contributed by atoms with Crippen molar-refractivity contribution < 1.29 is 13.2 Å². The maximum atomic E-state index is 13.4. The molecular weight excluding hydrogens is 375 g/mol. The Morgan fingerprint density at radius 3 is 2.59 bits per heavy atom. The molecule has 0 amide bonds. The second-order valence-corrected chi connectivity index (χ2v) is 7.23. The lowest BCUT2D eigenvalue weighted by Crippen LogP contribution is -2.11. The number of aryl methyl sites for hydroxylation is 2. The fraction of sp³-hybridized carbons (Fsp3) is 0.278. The number of benzene rings is 1. The van der Waals surface area contributed by atoms with E-state index in [1.165, 1.54) is 17.1 Å². The number of nitrogens with zero attached hydrogens (tertiary/aromatic N) is 4. The van der Waals surface area contributed by atoms with Crippen LogP contribution in [0.25, 0.3) is 11.3 Å². The molecule has 1 aromatic carbocycles. The quantitative estimate of drug-likeness (QED) is 0.614. The summed E-state index contributed by atoms with van der Waals surface area (Å²) in [6.45, 7) is 4.00. The Hall–Kier alpha value is -2.55. The molecule has 2 heterocycles. The summed E-state index contributed by atoms with van der Waals surface area (Å²) in [6.07, 6.45) is -0.917. The lowest BCUT2D eigenvalue weighted by Gasteiger charge is -2.14. The van der Waals surface area contributed by atoms with E-state index in [9.17, 15) is 13.2 Å². The van der Waals surface area contributed by atoms with Gasteiger partial charge in [0.15, 0.2) is 0 Å². The molecule has 9 heteroatoms. The first-order valence-electron chi connectivity index (χ1n) is 8.21. The standard InChI is InChI=1S/C18H18F3N5S/c1-4-27-13-5-6-15(11(2)7-13)24-17-22-9-14(18(19,20)21)16(25-17)12-8-23-26(3)10-12/h5-10H,4H2,1-3H3,(H,22,24,25). The summed E-state index contributed by atoms with van der Waals surface area (Å²) < 4.78 is 41.5. The van der Waals surface area contributed by atoms with Gasteiger partial charge in [0.25, 0.3) is 0 Å². The number of halogens is 3. The van der Waals surface area contributed by atoms with Gasteiger partial charge in [0.05, 0.1) is 11.9 Å². The molecule has 0 fully saturated rings. The number of thioether (sulfide) groups is 1. The van der Waals surface area contributed by atoms with Crippen LogP contribution in [0.4, 0.5) is 24.8 Å². The Morgan fingerprint density at radius 1 is 1.22 bits per heavy atom. The summed E-state index contributed by atoms with van der Waals surface area (Å²) in [5.41, 5.74) is 0.880. The van der Waals surface area contributed by atoms with E-state index in [1.54, 1.807) is 18.8 Å². The van der Waals surface area contributed by atoms with Crippen LogP contribution >= 0.6 is 11.8 Å². The van der Waals surface area contributed by atoms with E-state index in [2.05, 4.69) is 27.3 Å². The van der Waals surface area contributed by atoms with Crippen LogP contribution < -0.4 is 5.32 Å². The monoisotopic (exact) mass is 393 g/mol. The third kappa shape index (κ3) is 4.41. The molecule has 0 atom stereocenters. The first-order chi connectivity index (χ1) is 12.8. The predicted molar refractivity (Wildman–Crippen MR) is 100 cm³/mol. The third-order valence-corrected chi connectivity index (χ3v) is 4.70. The highest BCUT2D eigenvalue weighted by molar-refractivity contribution is 7.99. The van der Waals surface area contributed by atoms with Crippen LogP contribution in [0.3, 0.4) is 0 Å². The van der Waals surface area contributed by atoms with Crippen molar-refractivity contribution in [2.45, 2.75) is 24.9 Å². The van der Waals surface area contributed by atoms with Crippen molar-refractivity contribution in [3.05, 3.63) is 47.9 Å². The molecule has 3 rings (SSSR count). The molecular formula is C18H18F3N5S. The Kier molecular flexibility index (Phi) is 5.41. The number of alkyl halides is 3. The predicted octanol–water partition coefficient (Wildman–Crippen LogP) is 5.06. The van der Waals surface area contributed by atoms with Gasteiger partial charge >= 0.3 is 6.18 Å². The molecule has 1 N–H and O–H groups in total. The molecule has 0 saturated carbocycles. The van der Waals surface area contributed by atoms with E-state index in [0.717, 1.165) is 28.1 Å². The topological polar surface area (TPSA) is 55.6 Å². The van der Waals surface area contributed by atoms with Gasteiger partial charge in [-0.3, -0.25) is 4.68 Å². The SMILES string of the molecule is CCSc1ccc(Nc2ncc(C(F)(F)F)c(-c3cnn(C)c3)n2)c(C)c1. The molecule has 0 aliphatic rings. The van der Waals surface area contributed by atoms with E-state index in [0.29, 0.717) is 0 Å². The normalized spacial score (nSPS) is 11.6. The fourth-order valence-corrected chi connectivity index (χ4v) is 3.32. The molecule has 0 saturated heterocycles. The summed E-state index contributed by atoms with van der Waals surface area (Å²) in [4.78, 5) is 9.11. The average molecular weight is 393 g/mol. The van der Waals surface area contributed by atoms with Crippen LogP contribution in [0.1, 0.15) is 18.1 Å². The minimum absolute atomic E-state index is 0.0980. The molecule has 5 nitrogen and oxygen atoms in total. The minimum atomic E-state index is -4.56. The van der Waals surface area contributed by atoms with Crippen LogP contribution in [0, 0.1) is 6.92 Å². The summed E-state index contributed by atoms with van der Waals surface area (Å²) in [6, 6.07) is 5.84. The summed E-state index contributed by atoms with van der Waals surface area (Å²) in [5.74, 6) is 1.06. The maximum absolute atomic E-state index is 13.4. The first-order valence-corrected chi connectivity index (χ1v) is 9.20. The number of anilines is 2. The second kappa shape index (κ2) is 7.59. The van der Waals surface area contributed by atoms with Gasteiger partial charge in [0, 0.05) is 35.6 Å². The molecule has 0 aliphatic heterocycles. The van der Waals surface area contributed by atoms with Crippen molar-refractivity contribution in [3.63, 3.8) is 0 Å². The van der Waals surface area contributed by atoms with Crippen LogP contribution in [0.15, 0.2) is 41.7 Å². The lowest BCUT2D eigenvalue weighted by atomic mass is 10.1. The van der Waals surface area contributed by atoms with Gasteiger partial charge < -0.3 is 5.32 Å². The van der Waals surface area contributed by atoms with Gasteiger partial charge in [-0.1, -0.05) is 6.92 Å². The number of nitrogens with one attached hydrogen (secondary N) is 1. The number of hydrogen-bond donors (Lipinski definition) is 1. The van der Waals surface area contributed by atoms with Gasteiger partial charge in [0.1, 0.15) is 5.56 Å². The van der Waals surface area contributed by atoms with E-state index < -0.39 is 11.7 Å². The molecule has 0 bridgehead atoms. The number of hydrogen-bond acceptors (Lipinski definition) is 5. The van der Waals surface area contributed by atoms with Gasteiger partial charge in [-0.2, -0.15) is 18.3 Å². The molecule has 0 spiro atoms. The smallest absolute Gasteiger partial charge is 0.324 e. The van der Waals surface area contributed by atoms with Gasteiger partial charge in [-0.25, -0.2) is 9.97 Å². The molecule has 2 aromatic heterocycles. The van der Waals surface area contributed by atoms with E-state index >= 15 is 0 Å². The van der Waals surface area contributed by atoms with Crippen LogP contribution in [0.5, 0.6) is 0 Å². The molecule has 0 unspecified atom stereocenters. The van der Waals surface area contributed by atoms with Crippen molar-refractivity contribution in [3.8, 4) is 11.3 Å². The summed E-state index contributed by atoms with van der Waals surface area (Å²) in [5, 5.41) is 6.95. The molecule has 0 radical (unpaired) electrons. The van der Waals surface area contributed by atoms with Crippen LogP contribution in [-0.4, -0.2) is 25.5 Å². The number of rotatable bonds is 5. The molecule has 142 valence electrons. The Bertz CT molecular complexity index is 952. The Balaban J connectivity index is 1.98. The zero-order valence-electron chi connectivity index (χ0n) is 15.0. The molecule has 3 aromatic rings. The highest BCUT2D eigenvalue weighted by Gasteiger charge is 2.35. The fourth-order valence-electron chi connectivity index (χ4n) is 2.57. The van der Waals surface area contributed by atoms with Gasteiger partial charge in [-0.15, -0.1) is 11.8 Å². The Labute approximate surface area is 159 Å². The lowest BCUT2D eigenvalue weighted by molar-refractivity contribution is -0.137. The summed E-state index contributed by atoms with van der Waals surface area (Å²) in [7, 11) is 1.64.